The van der Waals surface area contributed by atoms with Gasteiger partial charge in [-0.15, -0.1) is 0 Å². The lowest BCUT2D eigenvalue weighted by Gasteiger charge is -2.34. The number of sulfonamides is 1. The van der Waals surface area contributed by atoms with Gasteiger partial charge in [0.05, 0.1) is 5.02 Å². The van der Waals surface area contributed by atoms with Crippen LogP contribution in [-0.2, 0) is 10.0 Å². The molecule has 116 valence electrons. The second-order valence-electron chi connectivity index (χ2n) is 5.86. The first-order valence-corrected chi connectivity index (χ1v) is 9.13. The van der Waals surface area contributed by atoms with Crippen molar-refractivity contribution in [3.63, 3.8) is 0 Å². The molecule has 2 atom stereocenters. The van der Waals surface area contributed by atoms with Gasteiger partial charge in [0.25, 0.3) is 0 Å². The minimum Gasteiger partial charge on any atom is -0.399 e. The molecule has 1 aromatic carbocycles. The van der Waals surface area contributed by atoms with E-state index in [1.165, 1.54) is 18.6 Å². The van der Waals surface area contributed by atoms with Crippen molar-refractivity contribution >= 4 is 27.3 Å². The first kappa shape index (κ1) is 15.1. The predicted molar refractivity (Wildman–Crippen MR) is 83.8 cm³/mol. The van der Waals surface area contributed by atoms with Crippen molar-refractivity contribution in [2.24, 2.45) is 0 Å². The molecular formula is C14H20ClN3O2S. The van der Waals surface area contributed by atoms with Crippen molar-refractivity contribution in [2.45, 2.75) is 42.7 Å². The summed E-state index contributed by atoms with van der Waals surface area (Å²) in [7, 11) is -3.62. The number of hydrogen-bond donors (Lipinski definition) is 2. The van der Waals surface area contributed by atoms with Crippen molar-refractivity contribution in [1.82, 2.24) is 9.62 Å². The Morgan fingerprint density at radius 2 is 2.10 bits per heavy atom. The lowest BCUT2D eigenvalue weighted by Crippen LogP contribution is -2.47. The third kappa shape index (κ3) is 3.18. The Bertz CT molecular complexity index is 635. The van der Waals surface area contributed by atoms with Gasteiger partial charge in [-0.3, -0.25) is 0 Å². The molecule has 0 radical (unpaired) electrons. The van der Waals surface area contributed by atoms with E-state index in [1.807, 2.05) is 0 Å². The second-order valence-corrected chi connectivity index (χ2v) is 7.95. The molecule has 7 heteroatoms. The SMILES string of the molecule is Nc1ccc(Cl)c(S(=O)(=O)NC2CCN3CCCC3C2)c1. The molecule has 0 aromatic heterocycles. The summed E-state index contributed by atoms with van der Waals surface area (Å²) in [5.41, 5.74) is 6.06. The van der Waals surface area contributed by atoms with Crippen LogP contribution >= 0.6 is 11.6 Å². The smallest absolute Gasteiger partial charge is 0.242 e. The molecule has 0 amide bonds. The Labute approximate surface area is 130 Å². The monoisotopic (exact) mass is 329 g/mol. The number of anilines is 1. The topological polar surface area (TPSA) is 75.4 Å². The average Bonchev–Trinajstić information content (AvgIpc) is 2.88. The van der Waals surface area contributed by atoms with E-state index in [4.69, 9.17) is 17.3 Å². The number of piperidine rings is 1. The fourth-order valence-electron chi connectivity index (χ4n) is 3.34. The number of nitrogens with one attached hydrogen (secondary N) is 1. The van der Waals surface area contributed by atoms with E-state index in [1.54, 1.807) is 6.07 Å². The summed E-state index contributed by atoms with van der Waals surface area (Å²) >= 11 is 6.00. The summed E-state index contributed by atoms with van der Waals surface area (Å²) in [4.78, 5) is 2.52. The zero-order valence-corrected chi connectivity index (χ0v) is 13.3. The highest BCUT2D eigenvalue weighted by Gasteiger charge is 2.34. The molecule has 2 saturated heterocycles. The number of nitrogen functional groups attached to an aromatic ring is 1. The van der Waals surface area contributed by atoms with Crippen LogP contribution in [0.1, 0.15) is 25.7 Å². The molecule has 2 fully saturated rings. The maximum atomic E-state index is 12.5. The largest absolute Gasteiger partial charge is 0.399 e. The zero-order valence-electron chi connectivity index (χ0n) is 11.8. The number of benzene rings is 1. The van der Waals surface area contributed by atoms with E-state index in [0.29, 0.717) is 11.7 Å². The molecule has 0 saturated carbocycles. The van der Waals surface area contributed by atoms with Crippen molar-refractivity contribution in [3.05, 3.63) is 23.2 Å². The normalized spacial score (nSPS) is 26.7. The molecule has 0 bridgehead atoms. The van der Waals surface area contributed by atoms with E-state index in [2.05, 4.69) is 9.62 Å². The highest BCUT2D eigenvalue weighted by Crippen LogP contribution is 2.29. The van der Waals surface area contributed by atoms with E-state index < -0.39 is 10.0 Å². The van der Waals surface area contributed by atoms with Gasteiger partial charge in [-0.2, -0.15) is 0 Å². The van der Waals surface area contributed by atoms with Crippen molar-refractivity contribution in [2.75, 3.05) is 18.8 Å². The van der Waals surface area contributed by atoms with E-state index in [9.17, 15) is 8.42 Å². The summed E-state index contributed by atoms with van der Waals surface area (Å²) in [6.45, 7) is 2.10. The molecule has 5 nitrogen and oxygen atoms in total. The quantitative estimate of drug-likeness (QED) is 0.830. The molecule has 0 spiro atoms. The fraction of sp³-hybridized carbons (Fsp3) is 0.571. The standard InChI is InChI=1S/C14H20ClN3O2S/c15-13-4-3-10(16)8-14(13)21(19,20)17-11-5-7-18-6-1-2-12(18)9-11/h3-4,8,11-12,17H,1-2,5-7,9,16H2. The van der Waals surface area contributed by atoms with E-state index in [-0.39, 0.29) is 16.0 Å². The molecule has 3 N–H and O–H groups in total. The average molecular weight is 330 g/mol. The van der Waals surface area contributed by atoms with Crippen LogP contribution in [0, 0.1) is 0 Å². The van der Waals surface area contributed by atoms with Crippen LogP contribution in [0.15, 0.2) is 23.1 Å². The Balaban J connectivity index is 1.75. The van der Waals surface area contributed by atoms with Crippen molar-refractivity contribution in [1.29, 1.82) is 0 Å². The Morgan fingerprint density at radius 1 is 1.29 bits per heavy atom. The maximum absolute atomic E-state index is 12.5. The maximum Gasteiger partial charge on any atom is 0.242 e. The number of nitrogens with two attached hydrogens (primary N) is 1. The number of halogens is 1. The van der Waals surface area contributed by atoms with Gasteiger partial charge in [-0.1, -0.05) is 11.6 Å². The predicted octanol–water partition coefficient (Wildman–Crippen LogP) is 1.83. The Kier molecular flexibility index (Phi) is 4.14. The van der Waals surface area contributed by atoms with Crippen LogP contribution < -0.4 is 10.5 Å². The highest BCUT2D eigenvalue weighted by atomic mass is 35.5. The lowest BCUT2D eigenvalue weighted by molar-refractivity contribution is 0.176. The first-order valence-electron chi connectivity index (χ1n) is 7.27. The number of rotatable bonds is 3. The molecule has 0 aliphatic carbocycles. The fourth-order valence-corrected chi connectivity index (χ4v) is 5.16. The molecular weight excluding hydrogens is 310 g/mol. The van der Waals surface area contributed by atoms with Crippen LogP contribution in [0.3, 0.4) is 0 Å². The van der Waals surface area contributed by atoms with E-state index >= 15 is 0 Å². The van der Waals surface area contributed by atoms with Crippen LogP contribution in [0.2, 0.25) is 5.02 Å². The van der Waals surface area contributed by atoms with Gasteiger partial charge in [-0.25, -0.2) is 13.1 Å². The van der Waals surface area contributed by atoms with Gasteiger partial charge in [0.15, 0.2) is 0 Å². The summed E-state index contributed by atoms with van der Waals surface area (Å²) in [6.07, 6.45) is 4.09. The summed E-state index contributed by atoms with van der Waals surface area (Å²) in [5.74, 6) is 0. The lowest BCUT2D eigenvalue weighted by atomic mass is 9.99. The number of hydrogen-bond acceptors (Lipinski definition) is 4. The van der Waals surface area contributed by atoms with Gasteiger partial charge in [-0.05, 0) is 57.0 Å². The third-order valence-electron chi connectivity index (χ3n) is 4.39. The minimum atomic E-state index is -3.62. The molecule has 21 heavy (non-hydrogen) atoms. The van der Waals surface area contributed by atoms with Gasteiger partial charge in [0, 0.05) is 17.8 Å². The third-order valence-corrected chi connectivity index (χ3v) is 6.39. The van der Waals surface area contributed by atoms with Gasteiger partial charge >= 0.3 is 0 Å². The Hall–Kier alpha value is -0.820. The van der Waals surface area contributed by atoms with Gasteiger partial charge < -0.3 is 10.6 Å². The molecule has 3 rings (SSSR count). The first-order chi connectivity index (χ1) is 9.95. The number of nitrogens with zero attached hydrogens (tertiary/aromatic N) is 1. The Morgan fingerprint density at radius 3 is 2.90 bits per heavy atom. The molecule has 1 aromatic rings. The minimum absolute atomic E-state index is 0.0214. The summed E-state index contributed by atoms with van der Waals surface area (Å²) in [6, 6.07) is 5.02. The van der Waals surface area contributed by atoms with Crippen molar-refractivity contribution < 1.29 is 8.42 Å². The van der Waals surface area contributed by atoms with Crippen molar-refractivity contribution in [3.8, 4) is 0 Å². The summed E-state index contributed by atoms with van der Waals surface area (Å²) in [5, 5.41) is 0.204. The molecule has 2 heterocycles. The van der Waals surface area contributed by atoms with E-state index in [0.717, 1.165) is 32.4 Å². The van der Waals surface area contributed by atoms with Gasteiger partial charge in [0.1, 0.15) is 4.90 Å². The number of fused-ring (bicyclic) bond motifs is 1. The zero-order chi connectivity index (χ0) is 15.0. The van der Waals surface area contributed by atoms with Gasteiger partial charge in [0.2, 0.25) is 10.0 Å². The van der Waals surface area contributed by atoms with Crippen LogP contribution in [0.5, 0.6) is 0 Å². The van der Waals surface area contributed by atoms with Crippen LogP contribution in [0.4, 0.5) is 5.69 Å². The highest BCUT2D eigenvalue weighted by molar-refractivity contribution is 7.89. The molecule has 2 unspecified atom stereocenters. The van der Waals surface area contributed by atoms with Crippen LogP contribution in [0.25, 0.3) is 0 Å². The molecule has 2 aliphatic heterocycles. The second kappa shape index (κ2) is 5.76. The van der Waals surface area contributed by atoms with Crippen LogP contribution in [-0.4, -0.2) is 38.5 Å². The molecule has 2 aliphatic rings. The summed E-state index contributed by atoms with van der Waals surface area (Å²) < 4.78 is 27.8.